The van der Waals surface area contributed by atoms with Crippen molar-refractivity contribution in [1.82, 2.24) is 19.3 Å². The van der Waals surface area contributed by atoms with Crippen molar-refractivity contribution in [2.75, 3.05) is 0 Å². The highest BCUT2D eigenvalue weighted by Crippen LogP contribution is 2.31. The summed E-state index contributed by atoms with van der Waals surface area (Å²) >= 11 is 6.23. The lowest BCUT2D eigenvalue weighted by atomic mass is 10.7. The van der Waals surface area contributed by atoms with Crippen molar-refractivity contribution >= 4 is 39.2 Å². The highest BCUT2D eigenvalue weighted by molar-refractivity contribution is 9.10. The number of hydrogen-bond acceptors (Lipinski definition) is 6. The summed E-state index contributed by atoms with van der Waals surface area (Å²) in [6.45, 7) is 1.87. The lowest BCUT2D eigenvalue weighted by molar-refractivity contribution is 1.02. The number of aromatic nitrogens is 4. The van der Waals surface area contributed by atoms with Crippen molar-refractivity contribution in [2.45, 2.75) is 16.3 Å². The molecule has 2 aromatic rings. The average molecular weight is 289 g/mol. The number of halogens is 1. The standard InChI is InChI=1S/C7H5BrN4S2/c1-4-11-7(14-12-4)13-6-5(8)2-9-3-10-6/h2-3H,1H3. The molecule has 0 fully saturated rings. The quantitative estimate of drug-likeness (QED) is 0.795. The van der Waals surface area contributed by atoms with Gasteiger partial charge in [0.2, 0.25) is 0 Å². The maximum Gasteiger partial charge on any atom is 0.176 e. The van der Waals surface area contributed by atoms with E-state index in [0.29, 0.717) is 0 Å². The predicted molar refractivity (Wildman–Crippen MR) is 58.5 cm³/mol. The minimum absolute atomic E-state index is 0.794. The second kappa shape index (κ2) is 4.33. The zero-order valence-corrected chi connectivity index (χ0v) is 10.4. The van der Waals surface area contributed by atoms with E-state index in [0.717, 1.165) is 19.7 Å². The molecule has 0 aliphatic carbocycles. The van der Waals surface area contributed by atoms with E-state index in [9.17, 15) is 0 Å². The van der Waals surface area contributed by atoms with Gasteiger partial charge in [0.25, 0.3) is 0 Å². The van der Waals surface area contributed by atoms with E-state index >= 15 is 0 Å². The third-order valence-electron chi connectivity index (χ3n) is 1.33. The third kappa shape index (κ3) is 2.28. The summed E-state index contributed by atoms with van der Waals surface area (Å²) in [6.07, 6.45) is 3.23. The molecular weight excluding hydrogens is 284 g/mol. The molecule has 0 spiro atoms. The van der Waals surface area contributed by atoms with Gasteiger partial charge in [0.1, 0.15) is 17.2 Å². The first-order chi connectivity index (χ1) is 6.75. The summed E-state index contributed by atoms with van der Waals surface area (Å²) < 4.78 is 5.86. The molecule has 0 amide bonds. The molecule has 0 saturated carbocycles. The van der Waals surface area contributed by atoms with Gasteiger partial charge in [0.05, 0.1) is 4.47 Å². The summed E-state index contributed by atoms with van der Waals surface area (Å²) in [5.74, 6) is 0.794. The molecule has 2 rings (SSSR count). The van der Waals surface area contributed by atoms with Crippen molar-refractivity contribution in [3.8, 4) is 0 Å². The van der Waals surface area contributed by atoms with Crippen LogP contribution in [0.5, 0.6) is 0 Å². The Labute approximate surface area is 97.5 Å². The minimum Gasteiger partial charge on any atom is -0.244 e. The second-order valence-electron chi connectivity index (χ2n) is 2.39. The Morgan fingerprint density at radius 2 is 2.36 bits per heavy atom. The second-order valence-corrected chi connectivity index (χ2v) is 5.23. The molecule has 2 aromatic heterocycles. The van der Waals surface area contributed by atoms with Gasteiger partial charge in [0, 0.05) is 6.20 Å². The molecular formula is C7H5BrN4S2. The average Bonchev–Trinajstić information content (AvgIpc) is 2.56. The molecule has 0 N–H and O–H groups in total. The van der Waals surface area contributed by atoms with Gasteiger partial charge >= 0.3 is 0 Å². The van der Waals surface area contributed by atoms with Gasteiger partial charge in [-0.2, -0.15) is 4.37 Å². The molecule has 0 aliphatic heterocycles. The maximum atomic E-state index is 4.24. The molecule has 0 aliphatic rings. The molecule has 72 valence electrons. The van der Waals surface area contributed by atoms with Gasteiger partial charge in [-0.05, 0) is 46.1 Å². The Morgan fingerprint density at radius 3 is 3.00 bits per heavy atom. The van der Waals surface area contributed by atoms with E-state index in [4.69, 9.17) is 0 Å². The molecule has 0 radical (unpaired) electrons. The predicted octanol–water partition coefficient (Wildman–Crippen LogP) is 2.55. The zero-order chi connectivity index (χ0) is 9.97. The Hall–Kier alpha value is -0.530. The fourth-order valence-corrected chi connectivity index (χ4v) is 2.76. The van der Waals surface area contributed by atoms with E-state index in [1.54, 1.807) is 6.20 Å². The van der Waals surface area contributed by atoms with Crippen LogP contribution in [0.1, 0.15) is 5.82 Å². The summed E-state index contributed by atoms with van der Waals surface area (Å²) in [4.78, 5) is 12.3. The topological polar surface area (TPSA) is 51.6 Å². The van der Waals surface area contributed by atoms with E-state index in [1.807, 2.05) is 6.92 Å². The fourth-order valence-electron chi connectivity index (χ4n) is 0.779. The van der Waals surface area contributed by atoms with Crippen LogP contribution in [-0.2, 0) is 0 Å². The minimum atomic E-state index is 0.794. The molecule has 4 nitrogen and oxygen atoms in total. The lowest BCUT2D eigenvalue weighted by Crippen LogP contribution is -1.83. The number of rotatable bonds is 2. The summed E-state index contributed by atoms with van der Waals surface area (Å²) in [7, 11) is 0. The molecule has 0 bridgehead atoms. The van der Waals surface area contributed by atoms with Gasteiger partial charge in [-0.1, -0.05) is 0 Å². The van der Waals surface area contributed by atoms with E-state index in [-0.39, 0.29) is 0 Å². The SMILES string of the molecule is Cc1nsc(Sc2ncncc2Br)n1. The van der Waals surface area contributed by atoms with Crippen LogP contribution in [0.25, 0.3) is 0 Å². The maximum absolute atomic E-state index is 4.24. The number of hydrogen-bond donors (Lipinski definition) is 0. The van der Waals surface area contributed by atoms with Crippen molar-refractivity contribution < 1.29 is 0 Å². The molecule has 7 heteroatoms. The van der Waals surface area contributed by atoms with Crippen LogP contribution in [-0.4, -0.2) is 19.3 Å². The molecule has 2 heterocycles. The first kappa shape index (κ1) is 10.0. The zero-order valence-electron chi connectivity index (χ0n) is 7.14. The highest BCUT2D eigenvalue weighted by Gasteiger charge is 2.07. The van der Waals surface area contributed by atoms with E-state index < -0.39 is 0 Å². The van der Waals surface area contributed by atoms with Crippen molar-refractivity contribution in [1.29, 1.82) is 0 Å². The van der Waals surface area contributed by atoms with Gasteiger partial charge in [-0.15, -0.1) is 0 Å². The summed E-state index contributed by atoms with van der Waals surface area (Å²) in [6, 6.07) is 0. The molecule has 0 saturated heterocycles. The van der Waals surface area contributed by atoms with Crippen LogP contribution < -0.4 is 0 Å². The first-order valence-corrected chi connectivity index (χ1v) is 6.07. The van der Waals surface area contributed by atoms with Crippen LogP contribution in [0.4, 0.5) is 0 Å². The third-order valence-corrected chi connectivity index (χ3v) is 4.03. The first-order valence-electron chi connectivity index (χ1n) is 3.69. The smallest absolute Gasteiger partial charge is 0.176 e. The molecule has 0 atom stereocenters. The Morgan fingerprint density at radius 1 is 1.50 bits per heavy atom. The molecule has 0 unspecified atom stereocenters. The number of nitrogens with zero attached hydrogens (tertiary/aromatic N) is 4. The van der Waals surface area contributed by atoms with E-state index in [2.05, 4.69) is 35.3 Å². The van der Waals surface area contributed by atoms with Crippen LogP contribution >= 0.6 is 39.2 Å². The normalized spacial score (nSPS) is 10.4. The van der Waals surface area contributed by atoms with Crippen LogP contribution in [0.15, 0.2) is 26.4 Å². The van der Waals surface area contributed by atoms with Gasteiger partial charge in [-0.3, -0.25) is 0 Å². The summed E-state index contributed by atoms with van der Waals surface area (Å²) in [5.41, 5.74) is 0. The van der Waals surface area contributed by atoms with Crippen molar-refractivity contribution in [3.63, 3.8) is 0 Å². The van der Waals surface area contributed by atoms with Crippen LogP contribution in [0, 0.1) is 6.92 Å². The lowest BCUT2D eigenvalue weighted by Gasteiger charge is -1.96. The largest absolute Gasteiger partial charge is 0.244 e. The Kier molecular flexibility index (Phi) is 3.09. The monoisotopic (exact) mass is 288 g/mol. The van der Waals surface area contributed by atoms with Crippen LogP contribution in [0.2, 0.25) is 0 Å². The van der Waals surface area contributed by atoms with Gasteiger partial charge in [-0.25, -0.2) is 15.0 Å². The van der Waals surface area contributed by atoms with Crippen LogP contribution in [0.3, 0.4) is 0 Å². The van der Waals surface area contributed by atoms with Crippen molar-refractivity contribution in [3.05, 3.63) is 22.8 Å². The van der Waals surface area contributed by atoms with E-state index in [1.165, 1.54) is 29.6 Å². The molecule has 0 aromatic carbocycles. The Balaban J connectivity index is 2.23. The Bertz CT molecular complexity index is 445. The fraction of sp³-hybridized carbons (Fsp3) is 0.143. The van der Waals surface area contributed by atoms with Crippen molar-refractivity contribution in [2.24, 2.45) is 0 Å². The summed E-state index contributed by atoms with van der Waals surface area (Å²) in [5, 5.41) is 0.858. The van der Waals surface area contributed by atoms with Gasteiger partial charge < -0.3 is 0 Å². The number of aryl methyl sites for hydroxylation is 1. The highest BCUT2D eigenvalue weighted by atomic mass is 79.9. The van der Waals surface area contributed by atoms with Gasteiger partial charge in [0.15, 0.2) is 4.34 Å². The molecule has 14 heavy (non-hydrogen) atoms.